The second-order valence-electron chi connectivity index (χ2n) is 6.91. The normalized spacial score (nSPS) is 11.2. The molecule has 0 saturated carbocycles. The summed E-state index contributed by atoms with van der Waals surface area (Å²) in [5.41, 5.74) is 12.2. The average Bonchev–Trinajstić information content (AvgIpc) is 2.97. The van der Waals surface area contributed by atoms with E-state index in [-0.39, 0.29) is 5.56 Å². The van der Waals surface area contributed by atoms with E-state index in [1.54, 1.807) is 4.57 Å². The van der Waals surface area contributed by atoms with Crippen molar-refractivity contribution in [2.45, 2.75) is 27.2 Å². The minimum atomic E-state index is -0.474. The van der Waals surface area contributed by atoms with E-state index in [0.29, 0.717) is 29.1 Å². The van der Waals surface area contributed by atoms with Crippen molar-refractivity contribution < 1.29 is 9.53 Å². The highest BCUT2D eigenvalue weighted by molar-refractivity contribution is 6.09. The summed E-state index contributed by atoms with van der Waals surface area (Å²) in [7, 11) is 0. The summed E-state index contributed by atoms with van der Waals surface area (Å²) in [6.07, 6.45) is 0.732. The predicted molar refractivity (Wildman–Crippen MR) is 111 cm³/mol. The molecule has 0 bridgehead atoms. The van der Waals surface area contributed by atoms with Gasteiger partial charge >= 0.3 is 5.97 Å². The zero-order valence-corrected chi connectivity index (χ0v) is 16.2. The van der Waals surface area contributed by atoms with Crippen LogP contribution in [0.5, 0.6) is 0 Å². The molecule has 2 heterocycles. The first kappa shape index (κ1) is 18.0. The van der Waals surface area contributed by atoms with Crippen LogP contribution < -0.4 is 5.73 Å². The van der Waals surface area contributed by atoms with Crippen LogP contribution in [0.3, 0.4) is 0 Å². The first-order valence-corrected chi connectivity index (χ1v) is 9.32. The number of aromatic nitrogens is 3. The molecule has 0 amide bonds. The van der Waals surface area contributed by atoms with Gasteiger partial charge in [-0.2, -0.15) is 0 Å². The van der Waals surface area contributed by atoms with Gasteiger partial charge in [0.2, 0.25) is 0 Å². The lowest BCUT2D eigenvalue weighted by Crippen LogP contribution is -2.10. The zero-order chi connectivity index (χ0) is 19.8. The van der Waals surface area contributed by atoms with E-state index in [0.717, 1.165) is 28.8 Å². The molecule has 6 heteroatoms. The van der Waals surface area contributed by atoms with E-state index in [9.17, 15) is 4.79 Å². The van der Waals surface area contributed by atoms with Crippen molar-refractivity contribution in [3.05, 3.63) is 59.2 Å². The monoisotopic (exact) mass is 374 g/mol. The fraction of sp³-hybridized carbons (Fsp3) is 0.227. The van der Waals surface area contributed by atoms with E-state index in [4.69, 9.17) is 20.4 Å². The Hall–Kier alpha value is -3.41. The summed E-state index contributed by atoms with van der Waals surface area (Å²) in [6, 6.07) is 13.7. The number of para-hydroxylation sites is 2. The Morgan fingerprint density at radius 2 is 1.82 bits per heavy atom. The van der Waals surface area contributed by atoms with Gasteiger partial charge in [-0.3, -0.25) is 4.57 Å². The molecular formula is C22H22N4O2. The fourth-order valence-electron chi connectivity index (χ4n) is 3.33. The molecule has 0 fully saturated rings. The molecule has 0 aliphatic rings. The molecule has 0 unspecified atom stereocenters. The Morgan fingerprint density at radius 3 is 2.54 bits per heavy atom. The van der Waals surface area contributed by atoms with Gasteiger partial charge in [0, 0.05) is 0 Å². The molecule has 4 rings (SSSR count). The first-order valence-electron chi connectivity index (χ1n) is 9.32. The number of fused-ring (bicyclic) bond motifs is 2. The Bertz CT molecular complexity index is 1210. The average molecular weight is 374 g/mol. The van der Waals surface area contributed by atoms with Gasteiger partial charge in [0.05, 0.1) is 23.3 Å². The summed E-state index contributed by atoms with van der Waals surface area (Å²) in [4.78, 5) is 22.3. The van der Waals surface area contributed by atoms with Gasteiger partial charge in [-0.05, 0) is 49.6 Å². The van der Waals surface area contributed by atoms with Crippen molar-refractivity contribution in [3.63, 3.8) is 0 Å². The van der Waals surface area contributed by atoms with Crippen molar-refractivity contribution in [2.24, 2.45) is 0 Å². The van der Waals surface area contributed by atoms with Gasteiger partial charge in [0.15, 0.2) is 5.65 Å². The number of ether oxygens (including phenoxy) is 1. The number of carbonyl (C=O) groups excluding carboxylic acids is 1. The number of benzene rings is 2. The van der Waals surface area contributed by atoms with E-state index in [1.165, 1.54) is 0 Å². The third-order valence-electron chi connectivity index (χ3n) is 4.74. The molecule has 28 heavy (non-hydrogen) atoms. The van der Waals surface area contributed by atoms with Crippen molar-refractivity contribution in [2.75, 3.05) is 12.3 Å². The lowest BCUT2D eigenvalue weighted by molar-refractivity contribution is 0.0508. The van der Waals surface area contributed by atoms with E-state index in [1.807, 2.05) is 63.2 Å². The second kappa shape index (κ2) is 6.96. The van der Waals surface area contributed by atoms with Crippen molar-refractivity contribution in [1.29, 1.82) is 0 Å². The van der Waals surface area contributed by atoms with Crippen LogP contribution >= 0.6 is 0 Å². The third kappa shape index (κ3) is 2.87. The van der Waals surface area contributed by atoms with Crippen LogP contribution in [0.2, 0.25) is 0 Å². The number of hydrogen-bond acceptors (Lipinski definition) is 5. The molecule has 0 spiro atoms. The van der Waals surface area contributed by atoms with Crippen LogP contribution in [0.4, 0.5) is 5.82 Å². The van der Waals surface area contributed by atoms with Crippen LogP contribution in [0.25, 0.3) is 27.9 Å². The van der Waals surface area contributed by atoms with Gasteiger partial charge < -0.3 is 10.5 Å². The Kier molecular flexibility index (Phi) is 4.47. The van der Waals surface area contributed by atoms with Gasteiger partial charge in [0.25, 0.3) is 0 Å². The smallest absolute Gasteiger partial charge is 0.344 e. The third-order valence-corrected chi connectivity index (χ3v) is 4.74. The van der Waals surface area contributed by atoms with Crippen LogP contribution in [0, 0.1) is 13.8 Å². The minimum Gasteiger partial charge on any atom is -0.462 e. The maximum atomic E-state index is 12.8. The van der Waals surface area contributed by atoms with Gasteiger partial charge in [-0.1, -0.05) is 31.2 Å². The highest BCUT2D eigenvalue weighted by Crippen LogP contribution is 2.32. The highest BCUT2D eigenvalue weighted by Gasteiger charge is 2.26. The summed E-state index contributed by atoms with van der Waals surface area (Å²) in [5.74, 6) is -0.182. The maximum Gasteiger partial charge on any atom is 0.344 e. The second-order valence-corrected chi connectivity index (χ2v) is 6.91. The largest absolute Gasteiger partial charge is 0.462 e. The minimum absolute atomic E-state index is 0.266. The lowest BCUT2D eigenvalue weighted by Gasteiger charge is -2.12. The van der Waals surface area contributed by atoms with Crippen LogP contribution in [0.1, 0.15) is 34.8 Å². The number of anilines is 1. The number of nitrogens with zero attached hydrogens (tertiary/aromatic N) is 3. The number of aryl methyl sites for hydroxylation is 2. The molecule has 4 aromatic rings. The Balaban J connectivity index is 2.08. The van der Waals surface area contributed by atoms with Gasteiger partial charge in [0.1, 0.15) is 16.9 Å². The number of hydrogen-bond donors (Lipinski definition) is 1. The van der Waals surface area contributed by atoms with Crippen molar-refractivity contribution in [3.8, 4) is 5.69 Å². The molecular weight excluding hydrogens is 352 g/mol. The summed E-state index contributed by atoms with van der Waals surface area (Å²) >= 11 is 0. The van der Waals surface area contributed by atoms with Gasteiger partial charge in [-0.25, -0.2) is 14.8 Å². The number of esters is 1. The molecule has 0 saturated heterocycles. The summed E-state index contributed by atoms with van der Waals surface area (Å²) in [5, 5.41) is 0. The molecule has 0 atom stereocenters. The summed E-state index contributed by atoms with van der Waals surface area (Å²) < 4.78 is 7.19. The standard InChI is InChI=1S/C22H22N4O2/c1-4-11-28-22(27)18-19-21(25-16-8-6-5-7-15(16)24-19)26(20(18)23)17-12-13(2)9-10-14(17)3/h5-10,12H,4,11,23H2,1-3H3. The summed E-state index contributed by atoms with van der Waals surface area (Å²) in [6.45, 7) is 6.30. The predicted octanol–water partition coefficient (Wildman–Crippen LogP) is 4.34. The van der Waals surface area contributed by atoms with Crippen LogP contribution in [-0.2, 0) is 4.74 Å². The molecule has 0 aliphatic carbocycles. The van der Waals surface area contributed by atoms with Crippen LogP contribution in [0.15, 0.2) is 42.5 Å². The van der Waals surface area contributed by atoms with E-state index >= 15 is 0 Å². The maximum absolute atomic E-state index is 12.8. The van der Waals surface area contributed by atoms with Gasteiger partial charge in [-0.15, -0.1) is 0 Å². The Morgan fingerprint density at radius 1 is 1.11 bits per heavy atom. The molecule has 2 N–H and O–H groups in total. The number of nitrogens with two attached hydrogens (primary N) is 1. The SMILES string of the molecule is CCCOC(=O)c1c(N)n(-c2cc(C)ccc2C)c2nc3ccccc3nc12. The number of nitrogen functional groups attached to an aromatic ring is 1. The zero-order valence-electron chi connectivity index (χ0n) is 16.2. The van der Waals surface area contributed by atoms with Crippen LogP contribution in [-0.4, -0.2) is 27.1 Å². The van der Waals surface area contributed by atoms with E-state index < -0.39 is 5.97 Å². The molecule has 2 aromatic heterocycles. The molecule has 2 aromatic carbocycles. The van der Waals surface area contributed by atoms with Crippen molar-refractivity contribution in [1.82, 2.24) is 14.5 Å². The fourth-order valence-corrected chi connectivity index (χ4v) is 3.33. The number of rotatable bonds is 4. The molecule has 142 valence electrons. The number of carbonyl (C=O) groups is 1. The van der Waals surface area contributed by atoms with Crippen molar-refractivity contribution >= 4 is 34.0 Å². The quantitative estimate of drug-likeness (QED) is 0.537. The Labute approximate surface area is 163 Å². The van der Waals surface area contributed by atoms with E-state index in [2.05, 4.69) is 0 Å². The first-order chi connectivity index (χ1) is 13.5. The molecule has 6 nitrogen and oxygen atoms in total. The molecule has 0 aliphatic heterocycles. The lowest BCUT2D eigenvalue weighted by atomic mass is 10.1. The topological polar surface area (TPSA) is 83.0 Å². The molecule has 0 radical (unpaired) electrons. The highest BCUT2D eigenvalue weighted by atomic mass is 16.5.